The number of fused-ring (bicyclic) bond motifs is 1. The molecule has 0 radical (unpaired) electrons. The van der Waals surface area contributed by atoms with Gasteiger partial charge in [-0.1, -0.05) is 41.9 Å². The second kappa shape index (κ2) is 7.01. The number of rotatable bonds is 4. The number of carbonyl (C=O) groups is 1. The average Bonchev–Trinajstić information content (AvgIpc) is 3.10. The Morgan fingerprint density at radius 1 is 1.21 bits per heavy atom. The molecule has 28 heavy (non-hydrogen) atoms. The largest absolute Gasteiger partial charge is 0.496 e. The van der Waals surface area contributed by atoms with Gasteiger partial charge >= 0.3 is 0 Å². The molecule has 3 N–H and O–H groups in total. The van der Waals surface area contributed by atoms with Gasteiger partial charge in [-0.05, 0) is 25.1 Å². The summed E-state index contributed by atoms with van der Waals surface area (Å²) in [6, 6.07) is 14.2. The monoisotopic (exact) mass is 395 g/mol. The van der Waals surface area contributed by atoms with Crippen LogP contribution < -0.4 is 15.8 Å². The SMILES string of the molecule is COc1ccccc1[C@H]1C(C(N)=O)=C(C)Nc2nc(-c3ccccc3Cl)nn21. The van der Waals surface area contributed by atoms with Gasteiger partial charge in [0.2, 0.25) is 11.9 Å². The molecule has 2 aromatic carbocycles. The van der Waals surface area contributed by atoms with Gasteiger partial charge in [0.15, 0.2) is 5.82 Å². The lowest BCUT2D eigenvalue weighted by molar-refractivity contribution is -0.115. The minimum Gasteiger partial charge on any atom is -0.496 e. The summed E-state index contributed by atoms with van der Waals surface area (Å²) in [6.45, 7) is 1.79. The van der Waals surface area contributed by atoms with Gasteiger partial charge in [0.1, 0.15) is 11.8 Å². The highest BCUT2D eigenvalue weighted by molar-refractivity contribution is 6.33. The molecule has 3 aromatic rings. The number of allylic oxidation sites excluding steroid dienone is 1. The molecule has 1 atom stereocenters. The Hall–Kier alpha value is -3.32. The maximum Gasteiger partial charge on any atom is 0.248 e. The van der Waals surface area contributed by atoms with Crippen molar-refractivity contribution in [2.24, 2.45) is 5.73 Å². The summed E-state index contributed by atoms with van der Waals surface area (Å²) in [7, 11) is 1.58. The van der Waals surface area contributed by atoms with Crippen LogP contribution in [0.15, 0.2) is 59.8 Å². The zero-order chi connectivity index (χ0) is 19.8. The van der Waals surface area contributed by atoms with Crippen LogP contribution in [0.1, 0.15) is 18.5 Å². The van der Waals surface area contributed by atoms with Crippen LogP contribution >= 0.6 is 11.6 Å². The van der Waals surface area contributed by atoms with E-state index >= 15 is 0 Å². The number of methoxy groups -OCH3 is 1. The smallest absolute Gasteiger partial charge is 0.248 e. The molecule has 142 valence electrons. The number of aromatic nitrogens is 3. The number of hydrogen-bond donors (Lipinski definition) is 2. The maximum atomic E-state index is 12.3. The van der Waals surface area contributed by atoms with Crippen molar-refractivity contribution in [3.63, 3.8) is 0 Å². The standard InChI is InChI=1S/C20H18ClN5O2/c1-11-16(18(22)27)17(13-8-4-6-10-15(13)28-2)26-20(23-11)24-19(25-26)12-7-3-5-9-14(12)21/h3-10,17H,1-2H3,(H2,22,27)(H,23,24,25)/t17-/m0/s1. The van der Waals surface area contributed by atoms with Crippen LogP contribution in [0, 0.1) is 0 Å². The van der Waals surface area contributed by atoms with Crippen LogP contribution in [0.3, 0.4) is 0 Å². The predicted octanol–water partition coefficient (Wildman–Crippen LogP) is 3.38. The molecule has 1 amide bonds. The normalized spacial score (nSPS) is 15.8. The third kappa shape index (κ3) is 2.90. The van der Waals surface area contributed by atoms with E-state index in [4.69, 9.17) is 22.1 Å². The van der Waals surface area contributed by atoms with E-state index < -0.39 is 11.9 Å². The van der Waals surface area contributed by atoms with Gasteiger partial charge in [-0.2, -0.15) is 4.98 Å². The topological polar surface area (TPSA) is 95.1 Å². The highest BCUT2D eigenvalue weighted by Gasteiger charge is 2.35. The van der Waals surface area contributed by atoms with E-state index in [1.54, 1.807) is 24.8 Å². The van der Waals surface area contributed by atoms with Crippen molar-refractivity contribution in [1.29, 1.82) is 0 Å². The Morgan fingerprint density at radius 2 is 1.93 bits per heavy atom. The first-order valence-electron chi connectivity index (χ1n) is 8.63. The summed E-state index contributed by atoms with van der Waals surface area (Å²) in [5, 5.41) is 8.31. The zero-order valence-corrected chi connectivity index (χ0v) is 16.1. The first kappa shape index (κ1) is 18.1. The molecule has 0 aliphatic carbocycles. The Kier molecular flexibility index (Phi) is 4.52. The minimum atomic E-state index is -0.575. The summed E-state index contributed by atoms with van der Waals surface area (Å²) in [5.74, 6) is 1.03. The van der Waals surface area contributed by atoms with E-state index in [0.717, 1.165) is 5.56 Å². The molecular weight excluding hydrogens is 378 g/mol. The van der Waals surface area contributed by atoms with Crippen molar-refractivity contribution in [2.75, 3.05) is 12.4 Å². The molecule has 4 rings (SSSR count). The third-order valence-corrected chi connectivity index (χ3v) is 5.00. The van der Waals surface area contributed by atoms with Crippen molar-refractivity contribution in [2.45, 2.75) is 13.0 Å². The molecule has 0 unspecified atom stereocenters. The fraction of sp³-hybridized carbons (Fsp3) is 0.150. The number of primary amides is 1. The fourth-order valence-corrected chi connectivity index (χ4v) is 3.63. The van der Waals surface area contributed by atoms with Crippen LogP contribution in [-0.4, -0.2) is 27.8 Å². The number of ether oxygens (including phenoxy) is 1. The summed E-state index contributed by atoms with van der Waals surface area (Å²) < 4.78 is 7.15. The molecule has 1 aromatic heterocycles. The van der Waals surface area contributed by atoms with Crippen LogP contribution in [0.4, 0.5) is 5.95 Å². The van der Waals surface area contributed by atoms with Crippen molar-refractivity contribution in [3.05, 3.63) is 70.4 Å². The quantitative estimate of drug-likeness (QED) is 0.706. The fourth-order valence-electron chi connectivity index (χ4n) is 3.41. The number of nitrogens with two attached hydrogens (primary N) is 1. The van der Waals surface area contributed by atoms with Gasteiger partial charge in [0.25, 0.3) is 0 Å². The van der Waals surface area contributed by atoms with Gasteiger partial charge in [0.05, 0.1) is 17.7 Å². The number of benzene rings is 2. The van der Waals surface area contributed by atoms with Crippen LogP contribution in [-0.2, 0) is 4.79 Å². The lowest BCUT2D eigenvalue weighted by atomic mass is 9.94. The Balaban J connectivity index is 1.94. The van der Waals surface area contributed by atoms with Gasteiger partial charge in [-0.3, -0.25) is 4.79 Å². The number of halogens is 1. The maximum absolute atomic E-state index is 12.3. The third-order valence-electron chi connectivity index (χ3n) is 4.67. The lowest BCUT2D eigenvalue weighted by Gasteiger charge is -2.28. The molecule has 0 spiro atoms. The molecule has 0 saturated heterocycles. The summed E-state index contributed by atoms with van der Waals surface area (Å²) in [4.78, 5) is 16.9. The number of carbonyl (C=O) groups excluding carboxylic acids is 1. The van der Waals surface area contributed by atoms with Gasteiger partial charge in [-0.25, -0.2) is 4.68 Å². The van der Waals surface area contributed by atoms with E-state index in [0.29, 0.717) is 39.4 Å². The highest BCUT2D eigenvalue weighted by Crippen LogP contribution is 2.39. The molecule has 0 bridgehead atoms. The van der Waals surface area contributed by atoms with E-state index in [1.165, 1.54) is 0 Å². The Bertz CT molecular complexity index is 1110. The van der Waals surface area contributed by atoms with E-state index in [1.807, 2.05) is 42.5 Å². The Morgan fingerprint density at radius 3 is 2.64 bits per heavy atom. The number of nitrogens with one attached hydrogen (secondary N) is 1. The summed E-state index contributed by atoms with van der Waals surface area (Å²) >= 11 is 6.32. The van der Waals surface area contributed by atoms with Crippen molar-refractivity contribution in [1.82, 2.24) is 14.8 Å². The van der Waals surface area contributed by atoms with Gasteiger partial charge in [-0.15, -0.1) is 5.10 Å². The minimum absolute atomic E-state index is 0.396. The average molecular weight is 396 g/mol. The number of para-hydroxylation sites is 1. The van der Waals surface area contributed by atoms with E-state index in [9.17, 15) is 4.79 Å². The number of nitrogens with zero attached hydrogens (tertiary/aromatic N) is 3. The zero-order valence-electron chi connectivity index (χ0n) is 15.3. The first-order chi connectivity index (χ1) is 13.5. The van der Waals surface area contributed by atoms with E-state index in [-0.39, 0.29) is 0 Å². The number of anilines is 1. The van der Waals surface area contributed by atoms with Gasteiger partial charge in [0, 0.05) is 16.8 Å². The van der Waals surface area contributed by atoms with Crippen LogP contribution in [0.2, 0.25) is 5.02 Å². The van der Waals surface area contributed by atoms with E-state index in [2.05, 4.69) is 15.4 Å². The predicted molar refractivity (Wildman–Crippen MR) is 107 cm³/mol. The summed E-state index contributed by atoms with van der Waals surface area (Å²) in [5.41, 5.74) is 8.19. The molecule has 0 saturated carbocycles. The van der Waals surface area contributed by atoms with Gasteiger partial charge < -0.3 is 15.8 Å². The van der Waals surface area contributed by atoms with Crippen LogP contribution in [0.25, 0.3) is 11.4 Å². The second-order valence-corrected chi connectivity index (χ2v) is 6.76. The molecule has 2 heterocycles. The summed E-state index contributed by atoms with van der Waals surface area (Å²) in [6.07, 6.45) is 0. The molecule has 1 aliphatic heterocycles. The van der Waals surface area contributed by atoms with Crippen LogP contribution in [0.5, 0.6) is 5.75 Å². The van der Waals surface area contributed by atoms with Crippen molar-refractivity contribution >= 4 is 23.5 Å². The molecule has 1 aliphatic rings. The number of amides is 1. The molecule has 8 heteroatoms. The second-order valence-electron chi connectivity index (χ2n) is 6.36. The highest BCUT2D eigenvalue weighted by atomic mass is 35.5. The van der Waals surface area contributed by atoms with Crippen molar-refractivity contribution in [3.8, 4) is 17.1 Å². The number of hydrogen-bond acceptors (Lipinski definition) is 5. The Labute approximate surface area is 166 Å². The first-order valence-corrected chi connectivity index (χ1v) is 9.01. The lowest BCUT2D eigenvalue weighted by Crippen LogP contribution is -2.32. The molecular formula is C20H18ClN5O2. The van der Waals surface area contributed by atoms with Crippen molar-refractivity contribution < 1.29 is 9.53 Å². The molecule has 0 fully saturated rings. The molecule has 7 nitrogen and oxygen atoms in total.